The van der Waals surface area contributed by atoms with E-state index in [1.54, 1.807) is 29.2 Å². The number of benzene rings is 3. The molecule has 0 aliphatic carbocycles. The van der Waals surface area contributed by atoms with Gasteiger partial charge in [0, 0.05) is 28.7 Å². The second-order valence-electron chi connectivity index (χ2n) is 9.29. The van der Waals surface area contributed by atoms with Crippen LogP contribution in [0.5, 0.6) is 0 Å². The molecule has 3 aromatic carbocycles. The predicted octanol–water partition coefficient (Wildman–Crippen LogP) is 4.97. The van der Waals surface area contributed by atoms with Crippen LogP contribution in [0.15, 0.2) is 72.8 Å². The number of fused-ring (bicyclic) bond motifs is 5. The van der Waals surface area contributed by atoms with Crippen LogP contribution in [-0.4, -0.2) is 34.3 Å². The van der Waals surface area contributed by atoms with Gasteiger partial charge in [-0.3, -0.25) is 9.59 Å². The van der Waals surface area contributed by atoms with Gasteiger partial charge in [-0.15, -0.1) is 0 Å². The zero-order valence-electron chi connectivity index (χ0n) is 19.5. The zero-order chi connectivity index (χ0) is 24.3. The van der Waals surface area contributed by atoms with E-state index < -0.39 is 5.54 Å². The van der Waals surface area contributed by atoms with Gasteiger partial charge in [0.25, 0.3) is 11.8 Å². The Hall–Kier alpha value is -4.39. The van der Waals surface area contributed by atoms with Gasteiger partial charge < -0.3 is 15.2 Å². The van der Waals surface area contributed by atoms with E-state index >= 15 is 0 Å². The molecular formula is C28H24N4O3. The molecule has 3 heterocycles. The third-order valence-electron chi connectivity index (χ3n) is 7.13. The fourth-order valence-corrected chi connectivity index (χ4v) is 5.31. The third-order valence-corrected chi connectivity index (χ3v) is 7.13. The maximum absolute atomic E-state index is 13.8. The van der Waals surface area contributed by atoms with Crippen molar-refractivity contribution in [3.05, 3.63) is 95.2 Å². The molecule has 7 heteroatoms. The Kier molecular flexibility index (Phi) is 4.57. The smallest absolute Gasteiger partial charge is 0.332 e. The van der Waals surface area contributed by atoms with E-state index in [2.05, 4.69) is 10.3 Å². The number of aryl methyl sites for hydroxylation is 1. The molecule has 6 rings (SSSR count). The minimum Gasteiger partial charge on any atom is -0.356 e. The van der Waals surface area contributed by atoms with Crippen molar-refractivity contribution in [2.75, 3.05) is 16.8 Å². The maximum atomic E-state index is 13.8. The number of carbonyl (C=O) groups is 3. The Labute approximate surface area is 202 Å². The average Bonchev–Trinajstić information content (AvgIpc) is 3.33. The van der Waals surface area contributed by atoms with E-state index in [0.717, 1.165) is 27.7 Å². The number of hydrogen-bond acceptors (Lipinski definition) is 3. The first kappa shape index (κ1) is 21.2. The van der Waals surface area contributed by atoms with Crippen molar-refractivity contribution in [2.24, 2.45) is 0 Å². The molecule has 174 valence electrons. The summed E-state index contributed by atoms with van der Waals surface area (Å²) in [5.74, 6) is -0.555. The lowest BCUT2D eigenvalue weighted by atomic mass is 9.87. The maximum Gasteiger partial charge on any atom is 0.332 e. The Bertz CT molecular complexity index is 1520. The summed E-state index contributed by atoms with van der Waals surface area (Å²) in [6.07, 6.45) is 0.680. The van der Waals surface area contributed by atoms with Crippen LogP contribution in [0.1, 0.15) is 34.1 Å². The molecule has 2 aliphatic heterocycles. The fraction of sp³-hybridized carbons (Fsp3) is 0.179. The first-order valence-corrected chi connectivity index (χ1v) is 11.6. The lowest BCUT2D eigenvalue weighted by molar-refractivity contribution is -0.125. The monoisotopic (exact) mass is 464 g/mol. The lowest BCUT2D eigenvalue weighted by Gasteiger charge is -2.35. The number of aromatic nitrogens is 1. The number of urea groups is 1. The predicted molar refractivity (Wildman–Crippen MR) is 135 cm³/mol. The summed E-state index contributed by atoms with van der Waals surface area (Å²) >= 11 is 0. The van der Waals surface area contributed by atoms with Gasteiger partial charge in [-0.05, 0) is 73.9 Å². The number of nitrogens with zero attached hydrogens (tertiary/aromatic N) is 2. The molecule has 4 amide bonds. The highest BCUT2D eigenvalue weighted by Gasteiger charge is 2.58. The van der Waals surface area contributed by atoms with E-state index in [-0.39, 0.29) is 17.8 Å². The molecule has 1 unspecified atom stereocenters. The van der Waals surface area contributed by atoms with Crippen LogP contribution in [0.25, 0.3) is 10.9 Å². The third kappa shape index (κ3) is 3.08. The topological polar surface area (TPSA) is 85.5 Å². The number of aromatic amines is 1. The average molecular weight is 465 g/mol. The van der Waals surface area contributed by atoms with Gasteiger partial charge in [-0.25, -0.2) is 9.69 Å². The van der Waals surface area contributed by atoms with Gasteiger partial charge in [0.15, 0.2) is 5.54 Å². The van der Waals surface area contributed by atoms with Crippen molar-refractivity contribution < 1.29 is 14.4 Å². The normalized spacial score (nSPS) is 19.1. The van der Waals surface area contributed by atoms with Crippen LogP contribution in [-0.2, 0) is 16.8 Å². The highest BCUT2D eigenvalue weighted by atomic mass is 16.2. The van der Waals surface area contributed by atoms with Gasteiger partial charge in [-0.2, -0.15) is 0 Å². The van der Waals surface area contributed by atoms with Crippen molar-refractivity contribution in [1.29, 1.82) is 0 Å². The van der Waals surface area contributed by atoms with Crippen molar-refractivity contribution in [2.45, 2.75) is 25.8 Å². The fourth-order valence-electron chi connectivity index (χ4n) is 5.31. The van der Waals surface area contributed by atoms with Crippen LogP contribution in [0, 0.1) is 6.92 Å². The Morgan fingerprint density at radius 1 is 1.00 bits per heavy atom. The number of hydrogen-bond donors (Lipinski definition) is 2. The first-order chi connectivity index (χ1) is 16.9. The van der Waals surface area contributed by atoms with Crippen LogP contribution in [0.3, 0.4) is 0 Å². The number of nitrogens with one attached hydrogen (secondary N) is 2. The van der Waals surface area contributed by atoms with Crippen molar-refractivity contribution in [3.63, 3.8) is 0 Å². The van der Waals surface area contributed by atoms with Crippen LogP contribution >= 0.6 is 0 Å². The molecule has 1 aromatic heterocycles. The molecule has 2 aliphatic rings. The number of para-hydroxylation sites is 1. The summed E-state index contributed by atoms with van der Waals surface area (Å²) in [5.41, 5.74) is 4.37. The Morgan fingerprint density at radius 3 is 2.54 bits per heavy atom. The largest absolute Gasteiger partial charge is 0.356 e. The molecule has 1 fully saturated rings. The summed E-state index contributed by atoms with van der Waals surface area (Å²) in [6.45, 7) is 4.23. The van der Waals surface area contributed by atoms with Crippen LogP contribution in [0.2, 0.25) is 0 Å². The molecule has 0 radical (unpaired) electrons. The summed E-state index contributed by atoms with van der Waals surface area (Å²) in [7, 11) is 0. The Balaban J connectivity index is 1.31. The standard InChI is InChI=1S/C28H24N4O3/c1-17-6-5-7-19(16-17)29-25(33)18-10-12-20(13-11-18)32-26(34)28(2)24-22(14-15-31(28)27(32)35)21-8-3-4-9-23(21)30-24/h3-13,16,30H,14-15H2,1-2H3,(H,29,33). The van der Waals surface area contributed by atoms with E-state index in [0.29, 0.717) is 29.9 Å². The molecule has 1 atom stereocenters. The molecule has 0 bridgehead atoms. The van der Waals surface area contributed by atoms with E-state index in [4.69, 9.17) is 0 Å². The first-order valence-electron chi connectivity index (χ1n) is 11.6. The van der Waals surface area contributed by atoms with E-state index in [9.17, 15) is 14.4 Å². The van der Waals surface area contributed by atoms with E-state index in [1.807, 2.05) is 62.4 Å². The van der Waals surface area contributed by atoms with Gasteiger partial charge in [0.2, 0.25) is 0 Å². The minimum atomic E-state index is -1.11. The van der Waals surface area contributed by atoms with Gasteiger partial charge in [0.05, 0.1) is 11.4 Å². The Morgan fingerprint density at radius 2 is 1.77 bits per heavy atom. The molecule has 4 aromatic rings. The number of anilines is 2. The molecule has 35 heavy (non-hydrogen) atoms. The zero-order valence-corrected chi connectivity index (χ0v) is 19.5. The van der Waals surface area contributed by atoms with E-state index in [1.165, 1.54) is 4.90 Å². The lowest BCUT2D eigenvalue weighted by Crippen LogP contribution is -2.49. The summed E-state index contributed by atoms with van der Waals surface area (Å²) in [4.78, 5) is 46.1. The SMILES string of the molecule is Cc1cccc(NC(=O)c2ccc(N3C(=O)N4CCc5c([nH]c6ccccc56)C4(C)C3=O)cc2)c1. The minimum absolute atomic E-state index is 0.256. The number of imide groups is 1. The second kappa shape index (κ2) is 7.56. The van der Waals surface area contributed by atoms with Crippen LogP contribution < -0.4 is 10.2 Å². The number of rotatable bonds is 3. The quantitative estimate of drug-likeness (QED) is 0.420. The molecule has 0 saturated carbocycles. The van der Waals surface area contributed by atoms with Gasteiger partial charge in [-0.1, -0.05) is 30.3 Å². The molecule has 0 spiro atoms. The summed E-state index contributed by atoms with van der Waals surface area (Å²) < 4.78 is 0. The molecule has 1 saturated heterocycles. The van der Waals surface area contributed by atoms with Crippen molar-refractivity contribution >= 4 is 40.1 Å². The van der Waals surface area contributed by atoms with Crippen molar-refractivity contribution in [1.82, 2.24) is 9.88 Å². The van der Waals surface area contributed by atoms with Crippen LogP contribution in [0.4, 0.5) is 16.2 Å². The second-order valence-corrected chi connectivity index (χ2v) is 9.29. The van der Waals surface area contributed by atoms with Gasteiger partial charge >= 0.3 is 6.03 Å². The number of H-pyrrole nitrogens is 1. The molecular weight excluding hydrogens is 440 g/mol. The molecule has 2 N–H and O–H groups in total. The highest BCUT2D eigenvalue weighted by Crippen LogP contribution is 2.45. The summed E-state index contributed by atoms with van der Waals surface area (Å²) in [6, 6.07) is 21.7. The number of carbonyl (C=O) groups excluding carboxylic acids is 3. The van der Waals surface area contributed by atoms with Gasteiger partial charge in [0.1, 0.15) is 0 Å². The van der Waals surface area contributed by atoms with Crippen molar-refractivity contribution in [3.8, 4) is 0 Å². The highest BCUT2D eigenvalue weighted by molar-refractivity contribution is 6.23. The summed E-state index contributed by atoms with van der Waals surface area (Å²) in [5, 5.41) is 3.97. The molecule has 7 nitrogen and oxygen atoms in total. The number of amides is 4.